The highest BCUT2D eigenvalue weighted by Gasteiger charge is 2.29. The second-order valence-electron chi connectivity index (χ2n) is 4.19. The van der Waals surface area contributed by atoms with Gasteiger partial charge in [0.25, 0.3) is 0 Å². The average molecular weight is 235 g/mol. The lowest BCUT2D eigenvalue weighted by Gasteiger charge is -2.24. The number of methoxy groups -OCH3 is 2. The standard InChI is InChI=1S/C13H17NO3/c1-16-9-5-11-10(12(6-9)17-2)4-3-8(7-14)13(11)15/h5-6,8H,3-4,7,14H2,1-2H3. The fourth-order valence-electron chi connectivity index (χ4n) is 2.29. The number of carbonyl (C=O) groups is 1. The summed E-state index contributed by atoms with van der Waals surface area (Å²) in [7, 11) is 3.18. The molecule has 0 saturated heterocycles. The summed E-state index contributed by atoms with van der Waals surface area (Å²) in [4.78, 5) is 12.2. The molecule has 17 heavy (non-hydrogen) atoms. The SMILES string of the molecule is COc1cc(OC)c2c(c1)C(=O)C(CN)CC2. The van der Waals surface area contributed by atoms with Gasteiger partial charge in [-0.3, -0.25) is 4.79 Å². The first-order valence-corrected chi connectivity index (χ1v) is 5.70. The molecule has 1 unspecified atom stereocenters. The number of rotatable bonds is 3. The van der Waals surface area contributed by atoms with Gasteiger partial charge in [-0.2, -0.15) is 0 Å². The Morgan fingerprint density at radius 3 is 2.71 bits per heavy atom. The van der Waals surface area contributed by atoms with Crippen LogP contribution in [-0.4, -0.2) is 26.5 Å². The van der Waals surface area contributed by atoms with Gasteiger partial charge in [0, 0.05) is 29.7 Å². The zero-order chi connectivity index (χ0) is 12.4. The third-order valence-electron chi connectivity index (χ3n) is 3.30. The van der Waals surface area contributed by atoms with E-state index in [9.17, 15) is 4.79 Å². The number of nitrogens with two attached hydrogens (primary N) is 1. The molecule has 0 aromatic heterocycles. The normalized spacial score (nSPS) is 18.8. The molecule has 1 atom stereocenters. The average Bonchev–Trinajstić information content (AvgIpc) is 2.38. The van der Waals surface area contributed by atoms with Gasteiger partial charge in [-0.25, -0.2) is 0 Å². The minimum Gasteiger partial charge on any atom is -0.497 e. The smallest absolute Gasteiger partial charge is 0.167 e. The third-order valence-corrected chi connectivity index (χ3v) is 3.30. The van der Waals surface area contributed by atoms with Crippen LogP contribution >= 0.6 is 0 Å². The van der Waals surface area contributed by atoms with Gasteiger partial charge in [-0.15, -0.1) is 0 Å². The Kier molecular flexibility index (Phi) is 3.33. The molecule has 4 nitrogen and oxygen atoms in total. The van der Waals surface area contributed by atoms with Crippen molar-refractivity contribution >= 4 is 5.78 Å². The number of benzene rings is 1. The summed E-state index contributed by atoms with van der Waals surface area (Å²) in [6.07, 6.45) is 1.63. The van der Waals surface area contributed by atoms with Crippen LogP contribution in [0.4, 0.5) is 0 Å². The topological polar surface area (TPSA) is 61.5 Å². The Morgan fingerprint density at radius 2 is 2.12 bits per heavy atom. The summed E-state index contributed by atoms with van der Waals surface area (Å²) in [6, 6.07) is 3.59. The first kappa shape index (κ1) is 11.9. The molecule has 2 N–H and O–H groups in total. The van der Waals surface area contributed by atoms with Crippen LogP contribution in [0.1, 0.15) is 22.3 Å². The Morgan fingerprint density at radius 1 is 1.35 bits per heavy atom. The maximum atomic E-state index is 12.2. The summed E-state index contributed by atoms with van der Waals surface area (Å²) in [5.41, 5.74) is 7.28. The van der Waals surface area contributed by atoms with Crippen LogP contribution in [-0.2, 0) is 6.42 Å². The summed E-state index contributed by atoms with van der Waals surface area (Å²) in [5.74, 6) is 1.40. The molecule has 0 saturated carbocycles. The van der Waals surface area contributed by atoms with E-state index >= 15 is 0 Å². The molecule has 0 bridgehead atoms. The van der Waals surface area contributed by atoms with Crippen LogP contribution < -0.4 is 15.2 Å². The van der Waals surface area contributed by atoms with Crippen molar-refractivity contribution in [1.29, 1.82) is 0 Å². The molecule has 2 rings (SSSR count). The van der Waals surface area contributed by atoms with E-state index in [2.05, 4.69) is 0 Å². The second-order valence-corrected chi connectivity index (χ2v) is 4.19. The highest BCUT2D eigenvalue weighted by molar-refractivity contribution is 6.01. The molecule has 0 amide bonds. The molecule has 1 aliphatic carbocycles. The minimum absolute atomic E-state index is 0.0701. The zero-order valence-corrected chi connectivity index (χ0v) is 10.2. The number of ketones is 1. The van der Waals surface area contributed by atoms with Crippen molar-refractivity contribution in [2.45, 2.75) is 12.8 Å². The van der Waals surface area contributed by atoms with Gasteiger partial charge in [0.1, 0.15) is 11.5 Å². The third kappa shape index (κ3) is 2.00. The van der Waals surface area contributed by atoms with E-state index in [0.29, 0.717) is 17.9 Å². The second kappa shape index (κ2) is 4.75. The van der Waals surface area contributed by atoms with Crippen LogP contribution in [0, 0.1) is 5.92 Å². The number of Topliss-reactive ketones (excluding diaryl/α,β-unsaturated/α-hetero) is 1. The van der Waals surface area contributed by atoms with Gasteiger partial charge in [-0.1, -0.05) is 0 Å². The maximum absolute atomic E-state index is 12.2. The molecule has 0 fully saturated rings. The molecule has 0 heterocycles. The van der Waals surface area contributed by atoms with E-state index in [-0.39, 0.29) is 11.7 Å². The van der Waals surface area contributed by atoms with Crippen LogP contribution in [0.2, 0.25) is 0 Å². The molecule has 92 valence electrons. The van der Waals surface area contributed by atoms with Crippen LogP contribution in [0.3, 0.4) is 0 Å². The maximum Gasteiger partial charge on any atom is 0.167 e. The van der Waals surface area contributed by atoms with E-state index in [0.717, 1.165) is 24.2 Å². The van der Waals surface area contributed by atoms with Crippen molar-refractivity contribution in [3.05, 3.63) is 23.3 Å². The summed E-state index contributed by atoms with van der Waals surface area (Å²) in [5, 5.41) is 0. The Bertz CT molecular complexity index is 443. The number of hydrogen-bond acceptors (Lipinski definition) is 4. The van der Waals surface area contributed by atoms with E-state index in [4.69, 9.17) is 15.2 Å². The summed E-state index contributed by atoms with van der Waals surface area (Å²) in [6.45, 7) is 0.401. The molecule has 0 spiro atoms. The van der Waals surface area contributed by atoms with Gasteiger partial charge >= 0.3 is 0 Å². The monoisotopic (exact) mass is 235 g/mol. The van der Waals surface area contributed by atoms with Crippen LogP contribution in [0.25, 0.3) is 0 Å². The first-order valence-electron chi connectivity index (χ1n) is 5.70. The van der Waals surface area contributed by atoms with Gasteiger partial charge in [0.2, 0.25) is 0 Å². The van der Waals surface area contributed by atoms with E-state index in [1.54, 1.807) is 20.3 Å². The first-order chi connectivity index (χ1) is 8.21. The molecule has 1 aromatic rings. The Balaban J connectivity index is 2.51. The van der Waals surface area contributed by atoms with Crippen molar-refractivity contribution in [3.8, 4) is 11.5 Å². The highest BCUT2D eigenvalue weighted by atomic mass is 16.5. The molecule has 1 aromatic carbocycles. The van der Waals surface area contributed by atoms with Crippen LogP contribution in [0.5, 0.6) is 11.5 Å². The summed E-state index contributed by atoms with van der Waals surface area (Å²) >= 11 is 0. The van der Waals surface area contributed by atoms with Crippen molar-refractivity contribution in [3.63, 3.8) is 0 Å². The van der Waals surface area contributed by atoms with E-state index in [1.165, 1.54) is 0 Å². The number of hydrogen-bond donors (Lipinski definition) is 1. The lowest BCUT2D eigenvalue weighted by atomic mass is 9.82. The molecular formula is C13H17NO3. The van der Waals surface area contributed by atoms with Gasteiger partial charge < -0.3 is 15.2 Å². The van der Waals surface area contributed by atoms with E-state index in [1.807, 2.05) is 6.07 Å². The minimum atomic E-state index is -0.0701. The zero-order valence-electron chi connectivity index (χ0n) is 10.2. The number of carbonyl (C=O) groups excluding carboxylic acids is 1. The van der Waals surface area contributed by atoms with Gasteiger partial charge in [0.05, 0.1) is 14.2 Å². The van der Waals surface area contributed by atoms with Crippen molar-refractivity contribution < 1.29 is 14.3 Å². The lowest BCUT2D eigenvalue weighted by molar-refractivity contribution is 0.0906. The predicted molar refractivity (Wildman–Crippen MR) is 64.7 cm³/mol. The lowest BCUT2D eigenvalue weighted by Crippen LogP contribution is -2.29. The number of ether oxygens (including phenoxy) is 2. The Labute approximate surface area is 101 Å². The van der Waals surface area contributed by atoms with Crippen LogP contribution in [0.15, 0.2) is 12.1 Å². The van der Waals surface area contributed by atoms with E-state index < -0.39 is 0 Å². The van der Waals surface area contributed by atoms with Crippen molar-refractivity contribution in [2.24, 2.45) is 11.7 Å². The summed E-state index contributed by atoms with van der Waals surface area (Å²) < 4.78 is 10.5. The van der Waals surface area contributed by atoms with Gasteiger partial charge in [0.15, 0.2) is 5.78 Å². The fraction of sp³-hybridized carbons (Fsp3) is 0.462. The molecule has 0 aliphatic heterocycles. The number of fused-ring (bicyclic) bond motifs is 1. The Hall–Kier alpha value is -1.55. The van der Waals surface area contributed by atoms with Crippen molar-refractivity contribution in [1.82, 2.24) is 0 Å². The van der Waals surface area contributed by atoms with Crippen molar-refractivity contribution in [2.75, 3.05) is 20.8 Å². The fourth-order valence-corrected chi connectivity index (χ4v) is 2.29. The molecular weight excluding hydrogens is 218 g/mol. The molecule has 0 radical (unpaired) electrons. The quantitative estimate of drug-likeness (QED) is 0.860. The highest BCUT2D eigenvalue weighted by Crippen LogP contribution is 2.35. The largest absolute Gasteiger partial charge is 0.497 e. The predicted octanol–water partition coefficient (Wildman–Crippen LogP) is 1.41. The molecule has 1 aliphatic rings. The molecule has 4 heteroatoms. The van der Waals surface area contributed by atoms with Gasteiger partial charge in [-0.05, 0) is 18.9 Å².